The fourth-order valence-electron chi connectivity index (χ4n) is 1.63. The molecule has 4 nitrogen and oxygen atoms in total. The number of aryl methyl sites for hydroxylation is 1. The predicted molar refractivity (Wildman–Crippen MR) is 70.7 cm³/mol. The Hall–Kier alpha value is -1.81. The van der Waals surface area contributed by atoms with E-state index in [0.29, 0.717) is 23.6 Å². The maximum Gasteiger partial charge on any atom is 0.251 e. The molecule has 18 heavy (non-hydrogen) atoms. The van der Waals surface area contributed by atoms with Gasteiger partial charge in [0, 0.05) is 36.8 Å². The Balaban J connectivity index is 1.85. The molecule has 0 atom stereocenters. The minimum absolute atomic E-state index is 0.117. The molecule has 0 aliphatic heterocycles. The largest absolute Gasteiger partial charge is 0.352 e. The van der Waals surface area contributed by atoms with Gasteiger partial charge in [-0.3, -0.25) is 4.79 Å². The summed E-state index contributed by atoms with van der Waals surface area (Å²) >= 11 is 5.83. The Morgan fingerprint density at radius 1 is 1.50 bits per heavy atom. The molecule has 0 radical (unpaired) electrons. The van der Waals surface area contributed by atoms with Crippen molar-refractivity contribution in [2.24, 2.45) is 7.05 Å². The van der Waals surface area contributed by atoms with Gasteiger partial charge in [-0.15, -0.1) is 0 Å². The minimum Gasteiger partial charge on any atom is -0.352 e. The highest BCUT2D eigenvalue weighted by molar-refractivity contribution is 6.30. The van der Waals surface area contributed by atoms with Crippen LogP contribution >= 0.6 is 11.6 Å². The molecule has 0 saturated heterocycles. The fraction of sp³-hybridized carbons (Fsp3) is 0.231. The maximum atomic E-state index is 11.8. The number of rotatable bonds is 4. The molecule has 5 heteroatoms. The van der Waals surface area contributed by atoms with E-state index in [2.05, 4.69) is 10.3 Å². The van der Waals surface area contributed by atoms with Crippen LogP contribution in [0.1, 0.15) is 16.1 Å². The van der Waals surface area contributed by atoms with Crippen molar-refractivity contribution in [2.75, 3.05) is 6.54 Å². The first kappa shape index (κ1) is 12.6. The normalized spacial score (nSPS) is 10.3. The number of hydrogen-bond acceptors (Lipinski definition) is 2. The van der Waals surface area contributed by atoms with Gasteiger partial charge in [-0.25, -0.2) is 4.98 Å². The number of nitrogens with one attached hydrogen (secondary N) is 1. The van der Waals surface area contributed by atoms with Crippen molar-refractivity contribution in [3.63, 3.8) is 0 Å². The lowest BCUT2D eigenvalue weighted by Gasteiger charge is -2.04. The van der Waals surface area contributed by atoms with Crippen LogP contribution in [0, 0.1) is 0 Å². The topological polar surface area (TPSA) is 46.9 Å². The predicted octanol–water partition coefficient (Wildman–Crippen LogP) is 2.05. The Labute approximate surface area is 111 Å². The number of carbonyl (C=O) groups is 1. The summed E-state index contributed by atoms with van der Waals surface area (Å²) in [5.74, 6) is -0.117. The van der Waals surface area contributed by atoms with Crippen LogP contribution in [0.25, 0.3) is 0 Å². The highest BCUT2D eigenvalue weighted by atomic mass is 35.5. The SMILES string of the molecule is Cn1cnc(CCNC(=O)c2cccc(Cl)c2)c1. The van der Waals surface area contributed by atoms with E-state index >= 15 is 0 Å². The van der Waals surface area contributed by atoms with Gasteiger partial charge in [-0.05, 0) is 18.2 Å². The molecule has 0 aliphatic rings. The standard InChI is InChI=1S/C13H14ClN3O/c1-17-8-12(16-9-17)5-6-15-13(18)10-3-2-4-11(14)7-10/h2-4,7-9H,5-6H2,1H3,(H,15,18). The monoisotopic (exact) mass is 263 g/mol. The fourth-order valence-corrected chi connectivity index (χ4v) is 1.82. The quantitative estimate of drug-likeness (QED) is 0.918. The molecular weight excluding hydrogens is 250 g/mol. The van der Waals surface area contributed by atoms with Gasteiger partial charge < -0.3 is 9.88 Å². The van der Waals surface area contributed by atoms with Gasteiger partial charge in [0.15, 0.2) is 0 Å². The summed E-state index contributed by atoms with van der Waals surface area (Å²) in [6.45, 7) is 0.558. The van der Waals surface area contributed by atoms with Crippen LogP contribution in [0.4, 0.5) is 0 Å². The van der Waals surface area contributed by atoms with Crippen molar-refractivity contribution in [3.05, 3.63) is 53.1 Å². The highest BCUT2D eigenvalue weighted by Crippen LogP contribution is 2.10. The second kappa shape index (κ2) is 5.69. The third kappa shape index (κ3) is 3.34. The first-order valence-corrected chi connectivity index (χ1v) is 6.03. The summed E-state index contributed by atoms with van der Waals surface area (Å²) in [7, 11) is 1.92. The molecule has 1 N–H and O–H groups in total. The maximum absolute atomic E-state index is 11.8. The zero-order valence-corrected chi connectivity index (χ0v) is 10.8. The number of amides is 1. The summed E-state index contributed by atoms with van der Waals surface area (Å²) < 4.78 is 1.88. The van der Waals surface area contributed by atoms with Gasteiger partial charge in [0.05, 0.1) is 12.0 Å². The summed E-state index contributed by atoms with van der Waals surface area (Å²) in [5, 5.41) is 3.40. The Morgan fingerprint density at radius 2 is 2.33 bits per heavy atom. The Kier molecular flexibility index (Phi) is 3.99. The van der Waals surface area contributed by atoms with E-state index in [4.69, 9.17) is 11.6 Å². The van der Waals surface area contributed by atoms with Crippen LogP contribution < -0.4 is 5.32 Å². The number of carbonyl (C=O) groups excluding carboxylic acids is 1. The first-order valence-electron chi connectivity index (χ1n) is 5.66. The molecule has 1 aromatic heterocycles. The smallest absolute Gasteiger partial charge is 0.251 e. The van der Waals surface area contributed by atoms with Gasteiger partial charge in [-0.2, -0.15) is 0 Å². The first-order chi connectivity index (χ1) is 8.65. The molecule has 0 saturated carbocycles. The molecular formula is C13H14ClN3O. The molecule has 0 spiro atoms. The lowest BCUT2D eigenvalue weighted by Crippen LogP contribution is -2.25. The number of halogens is 1. The van der Waals surface area contributed by atoms with Gasteiger partial charge in [-0.1, -0.05) is 17.7 Å². The lowest BCUT2D eigenvalue weighted by atomic mass is 10.2. The van der Waals surface area contributed by atoms with Crippen molar-refractivity contribution in [1.82, 2.24) is 14.9 Å². The molecule has 2 rings (SSSR count). The zero-order valence-electron chi connectivity index (χ0n) is 10.1. The zero-order chi connectivity index (χ0) is 13.0. The molecule has 94 valence electrons. The third-order valence-electron chi connectivity index (χ3n) is 2.51. The van der Waals surface area contributed by atoms with Crippen molar-refractivity contribution >= 4 is 17.5 Å². The molecule has 0 unspecified atom stereocenters. The number of benzene rings is 1. The van der Waals surface area contributed by atoms with E-state index in [1.165, 1.54) is 0 Å². The van der Waals surface area contributed by atoms with E-state index in [0.717, 1.165) is 5.69 Å². The van der Waals surface area contributed by atoms with Crippen molar-refractivity contribution in [1.29, 1.82) is 0 Å². The average Bonchev–Trinajstić information content (AvgIpc) is 2.75. The Bertz CT molecular complexity index is 551. The van der Waals surface area contributed by atoms with Crippen LogP contribution in [0.15, 0.2) is 36.8 Å². The number of nitrogens with zero attached hydrogens (tertiary/aromatic N) is 2. The second-order valence-corrected chi connectivity index (χ2v) is 4.48. The number of aromatic nitrogens is 2. The second-order valence-electron chi connectivity index (χ2n) is 4.05. The molecule has 2 aromatic rings. The number of imidazole rings is 1. The van der Waals surface area contributed by atoms with Gasteiger partial charge in [0.25, 0.3) is 5.91 Å². The highest BCUT2D eigenvalue weighted by Gasteiger charge is 2.05. The summed E-state index contributed by atoms with van der Waals surface area (Å²) in [5.41, 5.74) is 1.53. The third-order valence-corrected chi connectivity index (χ3v) is 2.75. The van der Waals surface area contributed by atoms with Crippen molar-refractivity contribution < 1.29 is 4.79 Å². The Morgan fingerprint density at radius 3 is 3.00 bits per heavy atom. The van der Waals surface area contributed by atoms with Crippen molar-refractivity contribution in [2.45, 2.75) is 6.42 Å². The molecule has 0 aliphatic carbocycles. The van der Waals surface area contributed by atoms with Crippen LogP contribution in [0.3, 0.4) is 0 Å². The summed E-state index contributed by atoms with van der Waals surface area (Å²) in [6, 6.07) is 6.89. The number of hydrogen-bond donors (Lipinski definition) is 1. The van der Waals surface area contributed by atoms with Gasteiger partial charge in [0.1, 0.15) is 0 Å². The van der Waals surface area contributed by atoms with E-state index in [-0.39, 0.29) is 5.91 Å². The molecule has 1 amide bonds. The molecule has 0 bridgehead atoms. The van der Waals surface area contributed by atoms with E-state index in [1.54, 1.807) is 30.6 Å². The van der Waals surface area contributed by atoms with Crippen LogP contribution in [0.5, 0.6) is 0 Å². The molecule has 1 aromatic carbocycles. The van der Waals surface area contributed by atoms with Gasteiger partial charge in [0.2, 0.25) is 0 Å². The lowest BCUT2D eigenvalue weighted by molar-refractivity contribution is 0.0954. The summed E-state index contributed by atoms with van der Waals surface area (Å²) in [6.07, 6.45) is 4.40. The van der Waals surface area contributed by atoms with E-state index in [9.17, 15) is 4.79 Å². The average molecular weight is 264 g/mol. The van der Waals surface area contributed by atoms with Crippen LogP contribution in [-0.4, -0.2) is 22.0 Å². The van der Waals surface area contributed by atoms with Crippen molar-refractivity contribution in [3.8, 4) is 0 Å². The van der Waals surface area contributed by atoms with Crippen LogP contribution in [-0.2, 0) is 13.5 Å². The van der Waals surface area contributed by atoms with Crippen LogP contribution in [0.2, 0.25) is 5.02 Å². The molecule has 1 heterocycles. The van der Waals surface area contributed by atoms with E-state index < -0.39 is 0 Å². The van der Waals surface area contributed by atoms with Gasteiger partial charge >= 0.3 is 0 Å². The molecule has 0 fully saturated rings. The van der Waals surface area contributed by atoms with E-state index in [1.807, 2.05) is 17.8 Å². The minimum atomic E-state index is -0.117. The summed E-state index contributed by atoms with van der Waals surface area (Å²) in [4.78, 5) is 16.0.